The second kappa shape index (κ2) is 8.10. The van der Waals surface area contributed by atoms with Crippen molar-refractivity contribution in [3.8, 4) is 0 Å². The predicted molar refractivity (Wildman–Crippen MR) is 111 cm³/mol. The highest BCUT2D eigenvalue weighted by molar-refractivity contribution is 7.16. The lowest BCUT2D eigenvalue weighted by Gasteiger charge is -2.06. The molecule has 1 aromatic heterocycles. The molecule has 5 nitrogen and oxygen atoms in total. The summed E-state index contributed by atoms with van der Waals surface area (Å²) < 4.78 is 7.58. The van der Waals surface area contributed by atoms with Gasteiger partial charge in [-0.15, -0.1) is 0 Å². The Morgan fingerprint density at radius 3 is 2.36 bits per heavy atom. The minimum Gasteiger partial charge on any atom is -0.468 e. The molecule has 0 saturated carbocycles. The van der Waals surface area contributed by atoms with Crippen LogP contribution >= 0.6 is 11.3 Å². The second-order valence-corrected chi connectivity index (χ2v) is 8.06. The van der Waals surface area contributed by atoms with Gasteiger partial charge in [0.25, 0.3) is 5.91 Å². The smallest absolute Gasteiger partial charge is 0.325 e. The number of methoxy groups -OCH3 is 1. The lowest BCUT2D eigenvalue weighted by Crippen LogP contribution is -2.22. The van der Waals surface area contributed by atoms with Crippen molar-refractivity contribution in [1.29, 1.82) is 0 Å². The van der Waals surface area contributed by atoms with Crippen molar-refractivity contribution in [3.05, 3.63) is 63.0 Å². The molecule has 0 N–H and O–H groups in total. The summed E-state index contributed by atoms with van der Waals surface area (Å²) >= 11 is 1.41. The predicted octanol–water partition coefficient (Wildman–Crippen LogP) is 3.78. The normalized spacial score (nSPS) is 11.8. The summed E-state index contributed by atoms with van der Waals surface area (Å²) in [4.78, 5) is 29.4. The zero-order valence-electron chi connectivity index (χ0n) is 16.8. The molecule has 0 atom stereocenters. The molecule has 28 heavy (non-hydrogen) atoms. The third-order valence-electron chi connectivity index (χ3n) is 4.96. The zero-order valence-corrected chi connectivity index (χ0v) is 17.6. The van der Waals surface area contributed by atoms with Crippen LogP contribution in [0.3, 0.4) is 0 Å². The topological polar surface area (TPSA) is 60.7 Å². The third-order valence-corrected chi connectivity index (χ3v) is 6.00. The van der Waals surface area contributed by atoms with Gasteiger partial charge in [0, 0.05) is 0 Å². The maximum absolute atomic E-state index is 12.6. The minimum atomic E-state index is -0.374. The molecule has 0 aliphatic rings. The number of ether oxygens (including phenoxy) is 1. The number of carbonyl (C=O) groups excluding carboxylic acids is 2. The van der Waals surface area contributed by atoms with Gasteiger partial charge in [-0.3, -0.25) is 9.59 Å². The van der Waals surface area contributed by atoms with E-state index < -0.39 is 0 Å². The third kappa shape index (κ3) is 4.22. The van der Waals surface area contributed by atoms with Crippen LogP contribution in [0.4, 0.5) is 0 Å². The molecule has 0 radical (unpaired) electrons. The van der Waals surface area contributed by atoms with Crippen molar-refractivity contribution in [2.75, 3.05) is 7.11 Å². The van der Waals surface area contributed by atoms with Gasteiger partial charge in [0.15, 0.2) is 4.80 Å². The van der Waals surface area contributed by atoms with Crippen LogP contribution < -0.4 is 4.80 Å². The van der Waals surface area contributed by atoms with E-state index in [-0.39, 0.29) is 24.8 Å². The highest BCUT2D eigenvalue weighted by Crippen LogP contribution is 2.22. The van der Waals surface area contributed by atoms with Crippen LogP contribution in [0.1, 0.15) is 27.8 Å². The molecule has 0 spiro atoms. The Kier molecular flexibility index (Phi) is 5.79. The van der Waals surface area contributed by atoms with Gasteiger partial charge in [0.2, 0.25) is 0 Å². The van der Waals surface area contributed by atoms with Gasteiger partial charge in [-0.2, -0.15) is 4.99 Å². The van der Waals surface area contributed by atoms with Gasteiger partial charge < -0.3 is 9.30 Å². The van der Waals surface area contributed by atoms with E-state index in [4.69, 9.17) is 4.74 Å². The monoisotopic (exact) mass is 396 g/mol. The summed E-state index contributed by atoms with van der Waals surface area (Å²) in [6.07, 6.45) is 0.228. The molecule has 0 bridgehead atoms. The van der Waals surface area contributed by atoms with E-state index in [0.29, 0.717) is 4.80 Å². The Labute approximate surface area is 168 Å². The number of hydrogen-bond acceptors (Lipinski definition) is 4. The lowest BCUT2D eigenvalue weighted by atomic mass is 10.0. The van der Waals surface area contributed by atoms with Crippen LogP contribution in [-0.4, -0.2) is 23.6 Å². The molecular formula is C22H24N2O3S. The summed E-state index contributed by atoms with van der Waals surface area (Å²) in [6.45, 7) is 8.16. The number of carbonyl (C=O) groups is 2. The fourth-order valence-electron chi connectivity index (χ4n) is 2.99. The van der Waals surface area contributed by atoms with Crippen LogP contribution in [0.25, 0.3) is 10.2 Å². The van der Waals surface area contributed by atoms with Crippen molar-refractivity contribution in [1.82, 2.24) is 4.57 Å². The van der Waals surface area contributed by atoms with E-state index in [9.17, 15) is 9.59 Å². The molecule has 1 amide bonds. The number of aromatic nitrogens is 1. The summed E-state index contributed by atoms with van der Waals surface area (Å²) in [5, 5.41) is 0. The number of rotatable bonds is 4. The maximum Gasteiger partial charge on any atom is 0.325 e. The number of benzene rings is 2. The number of thiazole rings is 1. The average Bonchev–Trinajstić information content (AvgIpc) is 2.94. The van der Waals surface area contributed by atoms with Gasteiger partial charge in [-0.1, -0.05) is 29.5 Å². The van der Waals surface area contributed by atoms with Gasteiger partial charge in [0.05, 0.1) is 23.7 Å². The molecule has 0 saturated heterocycles. The maximum atomic E-state index is 12.6. The Hall–Kier alpha value is -2.73. The van der Waals surface area contributed by atoms with Crippen LogP contribution in [0.5, 0.6) is 0 Å². The minimum absolute atomic E-state index is 0.0226. The summed E-state index contributed by atoms with van der Waals surface area (Å²) in [7, 11) is 1.36. The van der Waals surface area contributed by atoms with Crippen molar-refractivity contribution in [2.24, 2.45) is 4.99 Å². The fourth-order valence-corrected chi connectivity index (χ4v) is 4.11. The molecule has 0 unspecified atom stereocenters. The molecular weight excluding hydrogens is 372 g/mol. The lowest BCUT2D eigenvalue weighted by molar-refractivity contribution is -0.141. The number of hydrogen-bond donors (Lipinski definition) is 0. The first-order valence-corrected chi connectivity index (χ1v) is 9.91. The van der Waals surface area contributed by atoms with Crippen molar-refractivity contribution in [3.63, 3.8) is 0 Å². The van der Waals surface area contributed by atoms with E-state index in [1.165, 1.54) is 24.0 Å². The summed E-state index contributed by atoms with van der Waals surface area (Å²) in [6, 6.07) is 10.1. The van der Waals surface area contributed by atoms with Crippen molar-refractivity contribution < 1.29 is 14.3 Å². The van der Waals surface area contributed by atoms with Crippen LogP contribution in [-0.2, 0) is 27.3 Å². The first-order chi connectivity index (χ1) is 13.3. The van der Waals surface area contributed by atoms with Crippen molar-refractivity contribution in [2.45, 2.75) is 40.7 Å². The summed E-state index contributed by atoms with van der Waals surface area (Å²) in [5.41, 5.74) is 6.45. The van der Waals surface area contributed by atoms with Gasteiger partial charge in [0.1, 0.15) is 6.54 Å². The first-order valence-electron chi connectivity index (χ1n) is 9.09. The Bertz CT molecular complexity index is 1140. The van der Waals surface area contributed by atoms with Gasteiger partial charge in [-0.05, 0) is 67.6 Å². The first kappa shape index (κ1) is 20.0. The molecule has 1 heterocycles. The molecule has 3 aromatic rings. The Morgan fingerprint density at radius 1 is 1.00 bits per heavy atom. The number of fused-ring (bicyclic) bond motifs is 1. The molecule has 6 heteroatoms. The van der Waals surface area contributed by atoms with Gasteiger partial charge in [-0.25, -0.2) is 0 Å². The SMILES string of the molecule is COC(=O)Cn1c(=NC(=O)Cc2ccc(C)c(C)c2)sc2cc(C)c(C)cc21. The van der Waals surface area contributed by atoms with Gasteiger partial charge >= 0.3 is 5.97 Å². The van der Waals surface area contributed by atoms with Crippen LogP contribution in [0, 0.1) is 27.7 Å². The average molecular weight is 397 g/mol. The Balaban J connectivity index is 2.04. The molecule has 0 aliphatic heterocycles. The van der Waals surface area contributed by atoms with E-state index in [1.807, 2.05) is 52.0 Å². The van der Waals surface area contributed by atoms with Crippen LogP contribution in [0.15, 0.2) is 35.3 Å². The van der Waals surface area contributed by atoms with Crippen LogP contribution in [0.2, 0.25) is 0 Å². The van der Waals surface area contributed by atoms with Crippen molar-refractivity contribution >= 4 is 33.4 Å². The number of amides is 1. The molecule has 3 rings (SSSR count). The highest BCUT2D eigenvalue weighted by Gasteiger charge is 2.13. The largest absolute Gasteiger partial charge is 0.468 e. The second-order valence-electron chi connectivity index (χ2n) is 7.05. The quantitative estimate of drug-likeness (QED) is 0.631. The molecule has 2 aromatic carbocycles. The van der Waals surface area contributed by atoms with E-state index >= 15 is 0 Å². The number of nitrogens with zero attached hydrogens (tertiary/aromatic N) is 2. The van der Waals surface area contributed by atoms with E-state index in [0.717, 1.165) is 32.5 Å². The molecule has 0 aliphatic carbocycles. The molecule has 146 valence electrons. The molecule has 0 fully saturated rings. The standard InChI is InChI=1S/C22H24N2O3S/c1-13-6-7-17(8-14(13)2)11-20(25)23-22-24(12-21(26)27-5)18-9-15(3)16(4)10-19(18)28-22/h6-10H,11-12H2,1-5H3. The number of esters is 1. The zero-order chi connectivity index (χ0) is 20.4. The van der Waals surface area contributed by atoms with E-state index in [2.05, 4.69) is 11.1 Å². The highest BCUT2D eigenvalue weighted by atomic mass is 32.1. The summed E-state index contributed by atoms with van der Waals surface area (Å²) in [5.74, 6) is -0.608. The fraction of sp³-hybridized carbons (Fsp3) is 0.318. The number of aryl methyl sites for hydroxylation is 4. The van der Waals surface area contributed by atoms with E-state index in [1.54, 1.807) is 4.57 Å². The Morgan fingerprint density at radius 2 is 1.68 bits per heavy atom.